The molecule has 1 N–H and O–H groups in total. The molecule has 4 rings (SSSR count). The van der Waals surface area contributed by atoms with Gasteiger partial charge < -0.3 is 4.57 Å². The Bertz CT molecular complexity index is 1230. The van der Waals surface area contributed by atoms with Crippen molar-refractivity contribution in [2.75, 3.05) is 0 Å². The van der Waals surface area contributed by atoms with Crippen LogP contribution in [0.25, 0.3) is 16.6 Å². The second kappa shape index (κ2) is 7.42. The summed E-state index contributed by atoms with van der Waals surface area (Å²) in [5.74, 6) is 0. The Balaban J connectivity index is 0.00000210. The number of fused-ring (bicyclic) bond motifs is 1. The molecule has 138 valence electrons. The van der Waals surface area contributed by atoms with Gasteiger partial charge in [-0.25, -0.2) is 4.68 Å². The van der Waals surface area contributed by atoms with E-state index in [1.807, 2.05) is 18.2 Å². The molecule has 0 atom stereocenters. The van der Waals surface area contributed by atoms with Crippen molar-refractivity contribution in [2.45, 2.75) is 13.5 Å². The summed E-state index contributed by atoms with van der Waals surface area (Å²) >= 11 is 6.21. The molecule has 0 amide bonds. The highest BCUT2D eigenvalue weighted by molar-refractivity contribution is 6.32. The number of nitrogens with one attached hydrogen (secondary N) is 1. The zero-order chi connectivity index (χ0) is 18.3. The van der Waals surface area contributed by atoms with Crippen molar-refractivity contribution < 1.29 is 0 Å². The van der Waals surface area contributed by atoms with Gasteiger partial charge >= 0.3 is 0 Å². The number of pyridine rings is 2. The summed E-state index contributed by atoms with van der Waals surface area (Å²) in [6.45, 7) is 2.07. The zero-order valence-corrected chi connectivity index (χ0v) is 15.9. The summed E-state index contributed by atoms with van der Waals surface area (Å²) in [7, 11) is 0. The van der Waals surface area contributed by atoms with Crippen LogP contribution in [-0.4, -0.2) is 19.3 Å². The van der Waals surface area contributed by atoms with E-state index in [0.717, 1.165) is 5.69 Å². The summed E-state index contributed by atoms with van der Waals surface area (Å²) in [5.41, 5.74) is 1.91. The van der Waals surface area contributed by atoms with Gasteiger partial charge in [0.05, 0.1) is 33.9 Å². The van der Waals surface area contributed by atoms with Crippen LogP contribution >= 0.6 is 24.0 Å². The molecule has 0 saturated carbocycles. The van der Waals surface area contributed by atoms with Crippen molar-refractivity contribution in [1.29, 1.82) is 0 Å². The van der Waals surface area contributed by atoms with Gasteiger partial charge in [0.25, 0.3) is 11.1 Å². The van der Waals surface area contributed by atoms with Gasteiger partial charge in [-0.1, -0.05) is 29.8 Å². The number of aromatic amines is 1. The first-order valence-electron chi connectivity index (χ1n) is 8.06. The maximum Gasteiger partial charge on any atom is 0.280 e. The van der Waals surface area contributed by atoms with Gasteiger partial charge in [-0.2, -0.15) is 0 Å². The number of H-pyrrole nitrogens is 1. The van der Waals surface area contributed by atoms with Crippen LogP contribution in [0.4, 0.5) is 0 Å². The summed E-state index contributed by atoms with van der Waals surface area (Å²) in [6, 6.07) is 14.0. The lowest BCUT2D eigenvalue weighted by Gasteiger charge is -2.09. The number of aromatic nitrogens is 4. The van der Waals surface area contributed by atoms with Gasteiger partial charge in [-0.15, -0.1) is 12.4 Å². The number of hydrogen-bond acceptors (Lipinski definition) is 3. The molecule has 8 heteroatoms. The first kappa shape index (κ1) is 18.9. The lowest BCUT2D eigenvalue weighted by molar-refractivity contribution is 0.720. The van der Waals surface area contributed by atoms with Crippen molar-refractivity contribution in [1.82, 2.24) is 19.3 Å². The predicted octanol–water partition coefficient (Wildman–Crippen LogP) is 3.31. The van der Waals surface area contributed by atoms with Crippen LogP contribution < -0.4 is 11.1 Å². The van der Waals surface area contributed by atoms with Crippen molar-refractivity contribution in [2.24, 2.45) is 0 Å². The lowest BCUT2D eigenvalue weighted by atomic mass is 10.2. The summed E-state index contributed by atoms with van der Waals surface area (Å²) in [5, 5.41) is 3.89. The fourth-order valence-electron chi connectivity index (χ4n) is 3.06. The Kier molecular flexibility index (Phi) is 5.21. The first-order valence-corrected chi connectivity index (χ1v) is 8.44. The first-order chi connectivity index (χ1) is 12.6. The quantitative estimate of drug-likeness (QED) is 0.571. The number of para-hydroxylation sites is 1. The van der Waals surface area contributed by atoms with Crippen LogP contribution in [0.3, 0.4) is 0 Å². The standard InChI is InChI=1S/C19H15ClN4O2.ClH/c1-12-18-15(10-17(25)23(12)11-13-6-4-5-9-21-13)22-24(19(18)26)16-8-3-2-7-14(16)20;/h2-10,22H,11H2,1H3;1H. The second-order valence-electron chi connectivity index (χ2n) is 5.97. The maximum atomic E-state index is 13.0. The minimum atomic E-state index is -0.250. The van der Waals surface area contributed by atoms with E-state index in [1.54, 1.807) is 42.0 Å². The molecule has 3 heterocycles. The van der Waals surface area contributed by atoms with Gasteiger partial charge in [0.1, 0.15) is 0 Å². The van der Waals surface area contributed by atoms with Crippen LogP contribution in [0.2, 0.25) is 5.02 Å². The third-order valence-electron chi connectivity index (χ3n) is 4.36. The van der Waals surface area contributed by atoms with Gasteiger partial charge in [0.2, 0.25) is 0 Å². The highest BCUT2D eigenvalue weighted by Gasteiger charge is 2.16. The number of hydrogen-bond donors (Lipinski definition) is 1. The number of aryl methyl sites for hydroxylation is 1. The van der Waals surface area contributed by atoms with Crippen molar-refractivity contribution >= 4 is 34.9 Å². The van der Waals surface area contributed by atoms with Crippen molar-refractivity contribution in [3.8, 4) is 5.69 Å². The van der Waals surface area contributed by atoms with Crippen LogP contribution in [0.5, 0.6) is 0 Å². The molecule has 0 fully saturated rings. The van der Waals surface area contributed by atoms with E-state index in [-0.39, 0.29) is 23.5 Å². The minimum absolute atomic E-state index is 0. The zero-order valence-electron chi connectivity index (χ0n) is 14.3. The van der Waals surface area contributed by atoms with E-state index < -0.39 is 0 Å². The molecule has 0 spiro atoms. The van der Waals surface area contributed by atoms with Gasteiger partial charge in [0.15, 0.2) is 0 Å². The van der Waals surface area contributed by atoms with E-state index in [0.29, 0.717) is 33.9 Å². The third kappa shape index (κ3) is 3.29. The topological polar surface area (TPSA) is 72.7 Å². The molecule has 27 heavy (non-hydrogen) atoms. The average Bonchev–Trinajstić information content (AvgIpc) is 2.96. The molecule has 3 aromatic heterocycles. The van der Waals surface area contributed by atoms with E-state index >= 15 is 0 Å². The monoisotopic (exact) mass is 402 g/mol. The highest BCUT2D eigenvalue weighted by Crippen LogP contribution is 2.20. The van der Waals surface area contributed by atoms with E-state index in [2.05, 4.69) is 10.1 Å². The highest BCUT2D eigenvalue weighted by atomic mass is 35.5. The fraction of sp³-hybridized carbons (Fsp3) is 0.105. The number of benzene rings is 1. The maximum absolute atomic E-state index is 13.0. The predicted molar refractivity (Wildman–Crippen MR) is 108 cm³/mol. The van der Waals surface area contributed by atoms with Crippen LogP contribution in [0.1, 0.15) is 11.4 Å². The fourth-order valence-corrected chi connectivity index (χ4v) is 3.28. The van der Waals surface area contributed by atoms with Crippen LogP contribution in [-0.2, 0) is 6.54 Å². The Morgan fingerprint density at radius 2 is 1.85 bits per heavy atom. The molecular weight excluding hydrogens is 387 g/mol. The summed E-state index contributed by atoms with van der Waals surface area (Å²) < 4.78 is 2.92. The molecular formula is C19H16Cl2N4O2. The molecule has 0 radical (unpaired) electrons. The minimum Gasteiger partial charge on any atom is -0.306 e. The molecule has 6 nitrogen and oxygen atoms in total. The molecule has 0 unspecified atom stereocenters. The second-order valence-corrected chi connectivity index (χ2v) is 6.37. The van der Waals surface area contributed by atoms with Crippen LogP contribution in [0.15, 0.2) is 64.3 Å². The summed E-state index contributed by atoms with van der Waals surface area (Å²) in [6.07, 6.45) is 1.68. The molecule has 4 aromatic rings. The number of nitrogens with zero attached hydrogens (tertiary/aromatic N) is 3. The molecule has 1 aromatic carbocycles. The Labute approximate surface area is 165 Å². The smallest absolute Gasteiger partial charge is 0.280 e. The van der Waals surface area contributed by atoms with E-state index in [4.69, 9.17) is 11.6 Å². The Hall–Kier alpha value is -2.83. The molecule has 0 saturated heterocycles. The average molecular weight is 403 g/mol. The SMILES string of the molecule is Cc1c2c(=O)n(-c3ccccc3Cl)[nH]c2cc(=O)n1Cc1ccccn1.Cl. The van der Waals surface area contributed by atoms with Crippen molar-refractivity contribution in [3.63, 3.8) is 0 Å². The Morgan fingerprint density at radius 1 is 1.11 bits per heavy atom. The number of halogens is 2. The largest absolute Gasteiger partial charge is 0.306 e. The van der Waals surface area contributed by atoms with E-state index in [9.17, 15) is 9.59 Å². The molecule has 0 bridgehead atoms. The lowest BCUT2D eigenvalue weighted by Crippen LogP contribution is -2.24. The molecule has 0 aliphatic carbocycles. The van der Waals surface area contributed by atoms with Gasteiger partial charge in [0, 0.05) is 18.0 Å². The third-order valence-corrected chi connectivity index (χ3v) is 4.68. The normalized spacial score (nSPS) is 10.7. The van der Waals surface area contributed by atoms with Crippen LogP contribution in [0, 0.1) is 6.92 Å². The number of rotatable bonds is 3. The van der Waals surface area contributed by atoms with Gasteiger partial charge in [-0.05, 0) is 31.2 Å². The van der Waals surface area contributed by atoms with Gasteiger partial charge in [-0.3, -0.25) is 19.7 Å². The Morgan fingerprint density at radius 3 is 2.56 bits per heavy atom. The molecule has 0 aliphatic heterocycles. The molecule has 0 aliphatic rings. The summed E-state index contributed by atoms with van der Waals surface area (Å²) in [4.78, 5) is 29.8. The van der Waals surface area contributed by atoms with Crippen molar-refractivity contribution in [3.05, 3.63) is 91.8 Å². The van der Waals surface area contributed by atoms with E-state index in [1.165, 1.54) is 10.7 Å².